The normalized spacial score (nSPS) is 11.6. The van der Waals surface area contributed by atoms with Crippen LogP contribution in [0.5, 0.6) is 0 Å². The van der Waals surface area contributed by atoms with Crippen molar-refractivity contribution in [1.82, 2.24) is 10.2 Å². The third kappa shape index (κ3) is 5.20. The number of nitrogens with one attached hydrogen (secondary N) is 1. The predicted octanol–water partition coefficient (Wildman–Crippen LogP) is 2.92. The SMILES string of the molecule is CC(C)N(C)CCCNCc1cc(F)c(F)cc1F. The highest BCUT2D eigenvalue weighted by molar-refractivity contribution is 5.19. The van der Waals surface area contributed by atoms with Gasteiger partial charge < -0.3 is 10.2 Å². The summed E-state index contributed by atoms with van der Waals surface area (Å²) in [6.45, 7) is 6.07. The van der Waals surface area contributed by atoms with Crippen LogP contribution < -0.4 is 5.32 Å². The highest BCUT2D eigenvalue weighted by Crippen LogP contribution is 2.13. The van der Waals surface area contributed by atoms with Gasteiger partial charge in [0.25, 0.3) is 0 Å². The average Bonchev–Trinajstić information content (AvgIpc) is 2.34. The Labute approximate surface area is 112 Å². The topological polar surface area (TPSA) is 15.3 Å². The van der Waals surface area contributed by atoms with Gasteiger partial charge in [-0.3, -0.25) is 0 Å². The third-order valence-corrected chi connectivity index (χ3v) is 3.15. The maximum Gasteiger partial charge on any atom is 0.161 e. The highest BCUT2D eigenvalue weighted by atomic mass is 19.2. The molecule has 0 aliphatic rings. The zero-order chi connectivity index (χ0) is 14.4. The van der Waals surface area contributed by atoms with E-state index in [1.807, 2.05) is 7.05 Å². The molecule has 0 bridgehead atoms. The monoisotopic (exact) mass is 274 g/mol. The lowest BCUT2D eigenvalue weighted by Crippen LogP contribution is -2.29. The second-order valence-electron chi connectivity index (χ2n) is 4.96. The largest absolute Gasteiger partial charge is 0.313 e. The van der Waals surface area contributed by atoms with Crippen molar-refractivity contribution in [2.24, 2.45) is 0 Å². The van der Waals surface area contributed by atoms with Gasteiger partial charge >= 0.3 is 0 Å². The van der Waals surface area contributed by atoms with Crippen LogP contribution in [0.15, 0.2) is 12.1 Å². The molecule has 0 radical (unpaired) electrons. The lowest BCUT2D eigenvalue weighted by atomic mass is 10.2. The first kappa shape index (κ1) is 16.0. The molecule has 0 saturated carbocycles. The van der Waals surface area contributed by atoms with Crippen molar-refractivity contribution in [3.05, 3.63) is 35.1 Å². The third-order valence-electron chi connectivity index (χ3n) is 3.15. The molecule has 0 atom stereocenters. The molecule has 0 unspecified atom stereocenters. The van der Waals surface area contributed by atoms with Crippen molar-refractivity contribution in [3.8, 4) is 0 Å². The molecular formula is C14H21F3N2. The second kappa shape index (κ2) is 7.50. The molecule has 1 aromatic rings. The standard InChI is InChI=1S/C14H21F3N2/c1-10(2)19(3)6-4-5-18-9-11-7-13(16)14(17)8-12(11)15/h7-8,10,18H,4-6,9H2,1-3H3. The molecule has 0 spiro atoms. The maximum atomic E-state index is 13.3. The second-order valence-corrected chi connectivity index (χ2v) is 4.96. The summed E-state index contributed by atoms with van der Waals surface area (Å²) >= 11 is 0. The molecule has 108 valence electrons. The van der Waals surface area contributed by atoms with Gasteiger partial charge in [0.2, 0.25) is 0 Å². The Bertz CT molecular complexity index is 408. The van der Waals surface area contributed by atoms with Gasteiger partial charge in [0.1, 0.15) is 5.82 Å². The highest BCUT2D eigenvalue weighted by Gasteiger charge is 2.09. The van der Waals surface area contributed by atoms with Crippen LogP contribution in [0.4, 0.5) is 13.2 Å². The van der Waals surface area contributed by atoms with Gasteiger partial charge in [-0.05, 0) is 46.5 Å². The fourth-order valence-corrected chi connectivity index (χ4v) is 1.63. The lowest BCUT2D eigenvalue weighted by Gasteiger charge is -2.20. The van der Waals surface area contributed by atoms with Crippen LogP contribution in [0.1, 0.15) is 25.8 Å². The zero-order valence-corrected chi connectivity index (χ0v) is 11.6. The lowest BCUT2D eigenvalue weighted by molar-refractivity contribution is 0.269. The molecule has 0 aliphatic carbocycles. The van der Waals surface area contributed by atoms with Crippen molar-refractivity contribution in [2.75, 3.05) is 20.1 Å². The molecule has 1 N–H and O–H groups in total. The Kier molecular flexibility index (Phi) is 6.31. The van der Waals surface area contributed by atoms with Crippen molar-refractivity contribution in [1.29, 1.82) is 0 Å². The first-order chi connectivity index (χ1) is 8.91. The van der Waals surface area contributed by atoms with E-state index >= 15 is 0 Å². The summed E-state index contributed by atoms with van der Waals surface area (Å²) in [5.74, 6) is -2.89. The summed E-state index contributed by atoms with van der Waals surface area (Å²) in [6.07, 6.45) is 0.917. The van der Waals surface area contributed by atoms with E-state index in [-0.39, 0.29) is 12.1 Å². The number of rotatable bonds is 7. The minimum absolute atomic E-state index is 0.149. The van der Waals surface area contributed by atoms with Crippen molar-refractivity contribution < 1.29 is 13.2 Å². The van der Waals surface area contributed by atoms with Crippen LogP contribution in [-0.2, 0) is 6.54 Å². The molecular weight excluding hydrogens is 253 g/mol. The molecule has 5 heteroatoms. The first-order valence-electron chi connectivity index (χ1n) is 6.46. The van der Waals surface area contributed by atoms with E-state index in [4.69, 9.17) is 0 Å². The van der Waals surface area contributed by atoms with E-state index in [9.17, 15) is 13.2 Å². The van der Waals surface area contributed by atoms with Crippen LogP contribution in [-0.4, -0.2) is 31.1 Å². The molecule has 0 heterocycles. The first-order valence-corrected chi connectivity index (χ1v) is 6.46. The van der Waals surface area contributed by atoms with Gasteiger partial charge in [-0.15, -0.1) is 0 Å². The van der Waals surface area contributed by atoms with Gasteiger partial charge in [-0.1, -0.05) is 0 Å². The number of hydrogen-bond acceptors (Lipinski definition) is 2. The van der Waals surface area contributed by atoms with Crippen LogP contribution >= 0.6 is 0 Å². The molecule has 0 aliphatic heterocycles. The summed E-state index contributed by atoms with van der Waals surface area (Å²) in [4.78, 5) is 2.21. The van der Waals surface area contributed by atoms with Crippen molar-refractivity contribution >= 4 is 0 Å². The number of nitrogens with zero attached hydrogens (tertiary/aromatic N) is 1. The quantitative estimate of drug-likeness (QED) is 0.607. The van der Waals surface area contributed by atoms with E-state index in [1.54, 1.807) is 0 Å². The smallest absolute Gasteiger partial charge is 0.161 e. The Morgan fingerprint density at radius 1 is 1.11 bits per heavy atom. The molecule has 0 fully saturated rings. The van der Waals surface area contributed by atoms with Crippen LogP contribution in [0.25, 0.3) is 0 Å². The van der Waals surface area contributed by atoms with Gasteiger partial charge in [0, 0.05) is 24.2 Å². The molecule has 0 saturated heterocycles. The van der Waals surface area contributed by atoms with Gasteiger partial charge in [0.15, 0.2) is 11.6 Å². The zero-order valence-electron chi connectivity index (χ0n) is 11.6. The van der Waals surface area contributed by atoms with Crippen LogP contribution in [0.2, 0.25) is 0 Å². The Hall–Kier alpha value is -1.07. The van der Waals surface area contributed by atoms with Gasteiger partial charge in [0.05, 0.1) is 0 Å². The van der Waals surface area contributed by atoms with Crippen molar-refractivity contribution in [2.45, 2.75) is 32.9 Å². The molecule has 19 heavy (non-hydrogen) atoms. The summed E-state index contributed by atoms with van der Waals surface area (Å²) in [6, 6.07) is 1.97. The Morgan fingerprint density at radius 3 is 2.37 bits per heavy atom. The van der Waals surface area contributed by atoms with Gasteiger partial charge in [-0.2, -0.15) is 0 Å². The van der Waals surface area contributed by atoms with E-state index < -0.39 is 17.5 Å². The molecule has 0 aromatic heterocycles. The van der Waals surface area contributed by atoms with Crippen molar-refractivity contribution in [3.63, 3.8) is 0 Å². The number of hydrogen-bond donors (Lipinski definition) is 1. The number of benzene rings is 1. The maximum absolute atomic E-state index is 13.3. The van der Waals surface area contributed by atoms with Crippen LogP contribution in [0.3, 0.4) is 0 Å². The molecule has 1 rings (SSSR count). The molecule has 1 aromatic carbocycles. The average molecular weight is 274 g/mol. The minimum Gasteiger partial charge on any atom is -0.313 e. The van der Waals surface area contributed by atoms with E-state index in [0.29, 0.717) is 18.7 Å². The molecule has 2 nitrogen and oxygen atoms in total. The summed E-state index contributed by atoms with van der Waals surface area (Å²) in [7, 11) is 2.04. The fourth-order valence-electron chi connectivity index (χ4n) is 1.63. The van der Waals surface area contributed by atoms with E-state index in [0.717, 1.165) is 19.0 Å². The van der Waals surface area contributed by atoms with E-state index in [2.05, 4.69) is 24.1 Å². The van der Waals surface area contributed by atoms with Gasteiger partial charge in [-0.25, -0.2) is 13.2 Å². The molecule has 0 amide bonds. The Balaban J connectivity index is 2.32. The summed E-state index contributed by atoms with van der Waals surface area (Å²) in [5.41, 5.74) is 0.149. The minimum atomic E-state index is -1.15. The number of halogens is 3. The van der Waals surface area contributed by atoms with E-state index in [1.165, 1.54) is 0 Å². The Morgan fingerprint density at radius 2 is 1.74 bits per heavy atom. The summed E-state index contributed by atoms with van der Waals surface area (Å²) < 4.78 is 39.0. The fraction of sp³-hybridized carbons (Fsp3) is 0.571. The summed E-state index contributed by atoms with van der Waals surface area (Å²) in [5, 5.41) is 3.03. The van der Waals surface area contributed by atoms with Crippen LogP contribution in [0, 0.1) is 17.5 Å². The predicted molar refractivity (Wildman–Crippen MR) is 70.4 cm³/mol.